The zero-order valence-electron chi connectivity index (χ0n) is 9.40. The van der Waals surface area contributed by atoms with Crippen LogP contribution in [-0.4, -0.2) is 0 Å². The molecule has 1 atom stereocenters. The van der Waals surface area contributed by atoms with Crippen molar-refractivity contribution in [1.82, 2.24) is 0 Å². The van der Waals surface area contributed by atoms with E-state index in [0.29, 0.717) is 4.83 Å². The molecule has 0 aliphatic heterocycles. The van der Waals surface area contributed by atoms with Crippen LogP contribution >= 0.6 is 38.6 Å². The highest BCUT2D eigenvalue weighted by Crippen LogP contribution is 2.38. The molecule has 0 nitrogen and oxygen atoms in total. The van der Waals surface area contributed by atoms with Gasteiger partial charge in [0.1, 0.15) is 5.82 Å². The Morgan fingerprint density at radius 2 is 1.89 bits per heavy atom. The molecule has 1 unspecified atom stereocenters. The van der Waals surface area contributed by atoms with Gasteiger partial charge in [0.05, 0.1) is 4.83 Å². The predicted octanol–water partition coefficient (Wildman–Crippen LogP) is 5.78. The molecule has 0 fully saturated rings. The van der Waals surface area contributed by atoms with Crippen LogP contribution in [0.5, 0.6) is 0 Å². The van der Waals surface area contributed by atoms with Crippen LogP contribution < -0.4 is 0 Å². The number of thiophene rings is 2. The SMILES string of the molecule is Fc1ccc(CC(Br)c2cc3sccc3s2)cc1. The summed E-state index contributed by atoms with van der Waals surface area (Å²) in [5.74, 6) is -0.179. The van der Waals surface area contributed by atoms with E-state index in [4.69, 9.17) is 0 Å². The van der Waals surface area contributed by atoms with E-state index in [1.54, 1.807) is 11.3 Å². The average molecular weight is 341 g/mol. The Labute approximate surface area is 121 Å². The standard InChI is InChI=1S/C14H10BrFS2/c15-11(7-9-1-3-10(16)4-2-9)13-8-14-12(18-13)5-6-17-14/h1-6,8,11H,7H2. The van der Waals surface area contributed by atoms with Crippen LogP contribution in [0.25, 0.3) is 9.40 Å². The third-order valence-electron chi connectivity index (χ3n) is 2.80. The molecule has 2 heterocycles. The molecular formula is C14H10BrFS2. The van der Waals surface area contributed by atoms with Crippen molar-refractivity contribution < 1.29 is 4.39 Å². The van der Waals surface area contributed by atoms with E-state index in [1.165, 1.54) is 26.4 Å². The molecule has 0 aliphatic carbocycles. The second-order valence-electron chi connectivity index (χ2n) is 4.10. The van der Waals surface area contributed by atoms with E-state index < -0.39 is 0 Å². The molecule has 0 amide bonds. The topological polar surface area (TPSA) is 0 Å². The maximum Gasteiger partial charge on any atom is 0.123 e. The lowest BCUT2D eigenvalue weighted by Gasteiger charge is -2.07. The fourth-order valence-corrected chi connectivity index (χ4v) is 4.75. The van der Waals surface area contributed by atoms with E-state index in [-0.39, 0.29) is 5.82 Å². The molecule has 0 aliphatic rings. The maximum absolute atomic E-state index is 12.8. The molecule has 0 bridgehead atoms. The number of hydrogen-bond acceptors (Lipinski definition) is 2. The highest BCUT2D eigenvalue weighted by atomic mass is 79.9. The lowest BCUT2D eigenvalue weighted by molar-refractivity contribution is 0.627. The lowest BCUT2D eigenvalue weighted by Crippen LogP contribution is -1.92. The molecule has 18 heavy (non-hydrogen) atoms. The summed E-state index contributed by atoms with van der Waals surface area (Å²) in [6.45, 7) is 0. The van der Waals surface area contributed by atoms with Crippen molar-refractivity contribution in [2.24, 2.45) is 0 Å². The lowest BCUT2D eigenvalue weighted by atomic mass is 10.1. The number of alkyl halides is 1. The molecule has 2 aromatic heterocycles. The summed E-state index contributed by atoms with van der Waals surface area (Å²) >= 11 is 7.32. The van der Waals surface area contributed by atoms with Gasteiger partial charge >= 0.3 is 0 Å². The number of rotatable bonds is 3. The summed E-state index contributed by atoms with van der Waals surface area (Å²) in [5, 5.41) is 2.12. The van der Waals surface area contributed by atoms with E-state index in [2.05, 4.69) is 33.4 Å². The van der Waals surface area contributed by atoms with Gasteiger partial charge in [-0.15, -0.1) is 22.7 Å². The van der Waals surface area contributed by atoms with Gasteiger partial charge in [0.25, 0.3) is 0 Å². The van der Waals surface area contributed by atoms with Crippen LogP contribution in [0.4, 0.5) is 4.39 Å². The van der Waals surface area contributed by atoms with Crippen molar-refractivity contribution >= 4 is 48.0 Å². The first-order valence-corrected chi connectivity index (χ1v) is 8.19. The third-order valence-corrected chi connectivity index (χ3v) is 6.12. The molecule has 3 rings (SSSR count). The third kappa shape index (κ3) is 2.51. The molecule has 92 valence electrons. The van der Waals surface area contributed by atoms with Crippen LogP contribution in [-0.2, 0) is 6.42 Å². The van der Waals surface area contributed by atoms with Gasteiger partial charge < -0.3 is 0 Å². The monoisotopic (exact) mass is 340 g/mol. The molecule has 0 radical (unpaired) electrons. The van der Waals surface area contributed by atoms with Crippen molar-refractivity contribution in [2.45, 2.75) is 11.2 Å². The minimum Gasteiger partial charge on any atom is -0.207 e. The first-order valence-electron chi connectivity index (χ1n) is 5.58. The van der Waals surface area contributed by atoms with Crippen LogP contribution in [0.15, 0.2) is 41.8 Å². The van der Waals surface area contributed by atoms with Crippen LogP contribution in [0.1, 0.15) is 15.3 Å². The molecule has 0 saturated heterocycles. The zero-order valence-corrected chi connectivity index (χ0v) is 12.6. The van der Waals surface area contributed by atoms with E-state index in [9.17, 15) is 4.39 Å². The Balaban J connectivity index is 1.80. The number of fused-ring (bicyclic) bond motifs is 1. The fraction of sp³-hybridized carbons (Fsp3) is 0.143. The van der Waals surface area contributed by atoms with Crippen molar-refractivity contribution in [3.05, 3.63) is 58.0 Å². The van der Waals surface area contributed by atoms with Gasteiger partial charge in [0.2, 0.25) is 0 Å². The summed E-state index contributed by atoms with van der Waals surface area (Å²) in [7, 11) is 0. The van der Waals surface area contributed by atoms with Crippen LogP contribution in [0, 0.1) is 5.82 Å². The normalized spacial score (nSPS) is 13.0. The largest absolute Gasteiger partial charge is 0.207 e. The van der Waals surface area contributed by atoms with Gasteiger partial charge in [0.15, 0.2) is 0 Å². The second-order valence-corrected chi connectivity index (χ2v) is 7.26. The summed E-state index contributed by atoms with van der Waals surface area (Å²) in [4.78, 5) is 1.63. The highest BCUT2D eigenvalue weighted by Gasteiger charge is 2.12. The smallest absolute Gasteiger partial charge is 0.123 e. The Morgan fingerprint density at radius 1 is 1.11 bits per heavy atom. The van der Waals surface area contributed by atoms with E-state index >= 15 is 0 Å². The highest BCUT2D eigenvalue weighted by molar-refractivity contribution is 9.09. The molecule has 0 saturated carbocycles. The predicted molar refractivity (Wildman–Crippen MR) is 81.5 cm³/mol. The summed E-state index contributed by atoms with van der Waals surface area (Å²) in [5.41, 5.74) is 1.15. The van der Waals surface area contributed by atoms with Gasteiger partial charge in [0, 0.05) is 14.3 Å². The molecule has 3 aromatic rings. The second kappa shape index (κ2) is 5.11. The first kappa shape index (κ1) is 12.3. The van der Waals surface area contributed by atoms with Crippen LogP contribution in [0.3, 0.4) is 0 Å². The average Bonchev–Trinajstić information content (AvgIpc) is 2.92. The minimum absolute atomic E-state index is 0.179. The van der Waals surface area contributed by atoms with E-state index in [0.717, 1.165) is 12.0 Å². The quantitative estimate of drug-likeness (QED) is 0.530. The fourth-order valence-electron chi connectivity index (χ4n) is 1.87. The van der Waals surface area contributed by atoms with Crippen molar-refractivity contribution in [2.75, 3.05) is 0 Å². The van der Waals surface area contributed by atoms with Gasteiger partial charge in [-0.05, 0) is 41.6 Å². The first-order chi connectivity index (χ1) is 8.72. The molecule has 0 N–H and O–H groups in total. The van der Waals surface area contributed by atoms with Gasteiger partial charge in [-0.1, -0.05) is 28.1 Å². The van der Waals surface area contributed by atoms with Gasteiger partial charge in [-0.25, -0.2) is 4.39 Å². The van der Waals surface area contributed by atoms with Gasteiger partial charge in [-0.2, -0.15) is 0 Å². The van der Waals surface area contributed by atoms with Crippen molar-refractivity contribution in [1.29, 1.82) is 0 Å². The Bertz CT molecular complexity index is 625. The van der Waals surface area contributed by atoms with Crippen LogP contribution in [0.2, 0.25) is 0 Å². The molecule has 1 aromatic carbocycles. The molecule has 0 spiro atoms. The Morgan fingerprint density at radius 3 is 2.61 bits per heavy atom. The Hall–Kier alpha value is -0.710. The summed E-state index contributed by atoms with van der Waals surface area (Å²) < 4.78 is 15.5. The van der Waals surface area contributed by atoms with Crippen molar-refractivity contribution in [3.63, 3.8) is 0 Å². The molecule has 4 heteroatoms. The Kier molecular flexibility index (Phi) is 3.50. The zero-order chi connectivity index (χ0) is 12.5. The number of halogens is 2. The maximum atomic E-state index is 12.8. The van der Waals surface area contributed by atoms with Gasteiger partial charge in [-0.3, -0.25) is 0 Å². The summed E-state index contributed by atoms with van der Waals surface area (Å²) in [6.07, 6.45) is 0.883. The minimum atomic E-state index is -0.179. The van der Waals surface area contributed by atoms with E-state index in [1.807, 2.05) is 23.5 Å². The van der Waals surface area contributed by atoms with Crippen molar-refractivity contribution in [3.8, 4) is 0 Å². The molecular weight excluding hydrogens is 331 g/mol. The summed E-state index contributed by atoms with van der Waals surface area (Å²) in [6, 6.07) is 11.1. The number of benzene rings is 1. The number of hydrogen-bond donors (Lipinski definition) is 0.